The first-order valence-corrected chi connectivity index (χ1v) is 11.0. The van der Waals surface area contributed by atoms with Crippen molar-refractivity contribution in [3.05, 3.63) is 34.3 Å². The van der Waals surface area contributed by atoms with Gasteiger partial charge < -0.3 is 14.2 Å². The number of aryl methyl sites for hydroxylation is 2. The summed E-state index contributed by atoms with van der Waals surface area (Å²) in [6.07, 6.45) is 4.88. The van der Waals surface area contributed by atoms with E-state index in [2.05, 4.69) is 4.98 Å². The number of benzene rings is 1. The van der Waals surface area contributed by atoms with Crippen LogP contribution in [-0.4, -0.2) is 42.7 Å². The average molecular weight is 431 g/mol. The normalized spacial score (nSPS) is 16.2. The molecule has 0 bridgehead atoms. The number of thiazole rings is 1. The van der Waals surface area contributed by atoms with Crippen molar-refractivity contribution in [3.8, 4) is 11.5 Å². The first-order valence-electron chi connectivity index (χ1n) is 10.2. The Morgan fingerprint density at radius 1 is 1.27 bits per heavy atom. The SMILES string of the molecule is COC(=O)CN(C(=O)COc1cccc2c1OC(C)(C)C2)c1nc2c(s1)CCCC2. The molecule has 160 valence electrons. The molecule has 1 aromatic carbocycles. The fourth-order valence-corrected chi connectivity index (χ4v) is 4.99. The lowest BCUT2D eigenvalue weighted by molar-refractivity contribution is -0.140. The Labute approximate surface area is 180 Å². The third-order valence-corrected chi connectivity index (χ3v) is 6.47. The van der Waals surface area contributed by atoms with Gasteiger partial charge in [0.2, 0.25) is 0 Å². The lowest BCUT2D eigenvalue weighted by atomic mass is 10.0. The summed E-state index contributed by atoms with van der Waals surface area (Å²) >= 11 is 1.47. The van der Waals surface area contributed by atoms with Gasteiger partial charge in [-0.15, -0.1) is 11.3 Å². The summed E-state index contributed by atoms with van der Waals surface area (Å²) in [5, 5.41) is 0.525. The number of fused-ring (bicyclic) bond motifs is 2. The first-order chi connectivity index (χ1) is 14.4. The lowest BCUT2D eigenvalue weighted by Gasteiger charge is -2.20. The number of rotatable bonds is 6. The topological polar surface area (TPSA) is 78.0 Å². The predicted octanol–water partition coefficient (Wildman–Crippen LogP) is 3.32. The molecule has 1 amide bonds. The molecule has 7 nitrogen and oxygen atoms in total. The van der Waals surface area contributed by atoms with Crippen LogP contribution in [0, 0.1) is 0 Å². The van der Waals surface area contributed by atoms with Gasteiger partial charge in [-0.1, -0.05) is 12.1 Å². The van der Waals surface area contributed by atoms with E-state index in [1.165, 1.54) is 28.2 Å². The van der Waals surface area contributed by atoms with Crippen molar-refractivity contribution in [1.82, 2.24) is 4.98 Å². The van der Waals surface area contributed by atoms with E-state index in [1.807, 2.05) is 26.0 Å². The molecule has 2 aliphatic rings. The van der Waals surface area contributed by atoms with Gasteiger partial charge in [0, 0.05) is 16.9 Å². The molecule has 0 N–H and O–H groups in total. The van der Waals surface area contributed by atoms with Crippen LogP contribution in [-0.2, 0) is 33.6 Å². The van der Waals surface area contributed by atoms with Crippen LogP contribution in [0.15, 0.2) is 18.2 Å². The minimum Gasteiger partial charge on any atom is -0.483 e. The quantitative estimate of drug-likeness (QED) is 0.655. The monoisotopic (exact) mass is 430 g/mol. The maximum atomic E-state index is 13.0. The number of aromatic nitrogens is 1. The summed E-state index contributed by atoms with van der Waals surface area (Å²) in [6.45, 7) is 3.62. The van der Waals surface area contributed by atoms with E-state index in [-0.39, 0.29) is 24.7 Å². The van der Waals surface area contributed by atoms with E-state index in [1.54, 1.807) is 6.07 Å². The highest BCUT2D eigenvalue weighted by Crippen LogP contribution is 2.41. The second-order valence-electron chi connectivity index (χ2n) is 8.20. The molecule has 0 saturated heterocycles. The average Bonchev–Trinajstić information content (AvgIpc) is 3.29. The van der Waals surface area contributed by atoms with Crippen LogP contribution >= 0.6 is 11.3 Å². The third kappa shape index (κ3) is 4.28. The van der Waals surface area contributed by atoms with E-state index >= 15 is 0 Å². The Bertz CT molecular complexity index is 945. The zero-order chi connectivity index (χ0) is 21.3. The van der Waals surface area contributed by atoms with Crippen molar-refractivity contribution in [3.63, 3.8) is 0 Å². The Kier molecular flexibility index (Phi) is 5.69. The van der Waals surface area contributed by atoms with Gasteiger partial charge in [0.15, 0.2) is 23.2 Å². The Morgan fingerprint density at radius 3 is 2.83 bits per heavy atom. The summed E-state index contributed by atoms with van der Waals surface area (Å²) in [5.74, 6) is 0.367. The molecule has 0 saturated carbocycles. The molecule has 30 heavy (non-hydrogen) atoms. The number of carbonyl (C=O) groups excluding carboxylic acids is 2. The number of hydrogen-bond acceptors (Lipinski definition) is 7. The molecular formula is C22H26N2O5S. The van der Waals surface area contributed by atoms with Gasteiger partial charge in [-0.3, -0.25) is 14.5 Å². The van der Waals surface area contributed by atoms with Crippen LogP contribution in [0.3, 0.4) is 0 Å². The summed E-state index contributed by atoms with van der Waals surface area (Å²) in [6, 6.07) is 5.69. The van der Waals surface area contributed by atoms with Gasteiger partial charge in [-0.05, 0) is 45.6 Å². The molecule has 2 aromatic rings. The largest absolute Gasteiger partial charge is 0.483 e. The number of methoxy groups -OCH3 is 1. The molecule has 0 radical (unpaired) electrons. The minimum absolute atomic E-state index is 0.193. The van der Waals surface area contributed by atoms with E-state index in [9.17, 15) is 9.59 Å². The van der Waals surface area contributed by atoms with Crippen LogP contribution in [0.25, 0.3) is 0 Å². The zero-order valence-electron chi connectivity index (χ0n) is 17.5. The standard InChI is InChI=1S/C22H26N2O5S/c1-22(2)11-14-7-6-9-16(20(14)29-22)28-13-18(25)24(12-19(26)27-3)21-23-15-8-4-5-10-17(15)30-21/h6-7,9H,4-5,8,10-13H2,1-3H3. The summed E-state index contributed by atoms with van der Waals surface area (Å²) < 4.78 is 16.6. The van der Waals surface area contributed by atoms with Crippen molar-refractivity contribution in [2.24, 2.45) is 0 Å². The third-order valence-electron chi connectivity index (χ3n) is 5.29. The highest BCUT2D eigenvalue weighted by Gasteiger charge is 2.33. The fourth-order valence-electron chi connectivity index (χ4n) is 3.83. The van der Waals surface area contributed by atoms with Crippen molar-refractivity contribution >= 4 is 28.3 Å². The highest BCUT2D eigenvalue weighted by atomic mass is 32.1. The Hall–Kier alpha value is -2.61. The second kappa shape index (κ2) is 8.26. The van der Waals surface area contributed by atoms with Gasteiger partial charge in [-0.2, -0.15) is 0 Å². The Morgan fingerprint density at radius 2 is 2.07 bits per heavy atom. The smallest absolute Gasteiger partial charge is 0.325 e. The molecule has 1 aliphatic heterocycles. The molecule has 4 rings (SSSR count). The molecule has 8 heteroatoms. The molecule has 0 fully saturated rings. The van der Waals surface area contributed by atoms with E-state index in [4.69, 9.17) is 14.2 Å². The van der Waals surface area contributed by atoms with Crippen LogP contribution in [0.1, 0.15) is 42.8 Å². The van der Waals surface area contributed by atoms with E-state index < -0.39 is 5.97 Å². The minimum atomic E-state index is -0.498. The number of ether oxygens (including phenoxy) is 3. The molecule has 1 aromatic heterocycles. The predicted molar refractivity (Wildman–Crippen MR) is 113 cm³/mol. The second-order valence-corrected chi connectivity index (χ2v) is 9.26. The van der Waals surface area contributed by atoms with Gasteiger partial charge >= 0.3 is 5.97 Å². The number of esters is 1. The van der Waals surface area contributed by atoms with Crippen LogP contribution in [0.5, 0.6) is 11.5 Å². The van der Waals surface area contributed by atoms with Crippen LogP contribution < -0.4 is 14.4 Å². The molecule has 0 unspecified atom stereocenters. The van der Waals surface area contributed by atoms with Gasteiger partial charge in [-0.25, -0.2) is 4.98 Å². The van der Waals surface area contributed by atoms with Gasteiger partial charge in [0.25, 0.3) is 5.91 Å². The number of amides is 1. The molecular weight excluding hydrogens is 404 g/mol. The Balaban J connectivity index is 1.51. The maximum absolute atomic E-state index is 13.0. The first kappa shape index (κ1) is 20.7. The van der Waals surface area contributed by atoms with Crippen LogP contribution in [0.2, 0.25) is 0 Å². The van der Waals surface area contributed by atoms with E-state index in [0.717, 1.165) is 43.4 Å². The highest BCUT2D eigenvalue weighted by molar-refractivity contribution is 7.16. The molecule has 2 heterocycles. The molecule has 1 aliphatic carbocycles. The maximum Gasteiger partial charge on any atom is 0.325 e. The number of carbonyl (C=O) groups is 2. The summed E-state index contributed by atoms with van der Waals surface area (Å²) in [4.78, 5) is 32.2. The number of nitrogens with zero attached hydrogens (tertiary/aromatic N) is 2. The van der Waals surface area contributed by atoms with E-state index in [0.29, 0.717) is 16.6 Å². The fraction of sp³-hybridized carbons (Fsp3) is 0.500. The summed E-state index contributed by atoms with van der Waals surface area (Å²) in [7, 11) is 1.31. The van der Waals surface area contributed by atoms with Crippen molar-refractivity contribution in [2.75, 3.05) is 25.2 Å². The molecule has 0 spiro atoms. The number of hydrogen-bond donors (Lipinski definition) is 0. The van der Waals surface area contributed by atoms with Gasteiger partial charge in [0.05, 0.1) is 12.8 Å². The zero-order valence-corrected chi connectivity index (χ0v) is 18.3. The van der Waals surface area contributed by atoms with Crippen molar-refractivity contribution in [1.29, 1.82) is 0 Å². The van der Waals surface area contributed by atoms with Crippen molar-refractivity contribution in [2.45, 2.75) is 51.6 Å². The lowest BCUT2D eigenvalue weighted by Crippen LogP contribution is -2.39. The number of anilines is 1. The van der Waals surface area contributed by atoms with Crippen LogP contribution in [0.4, 0.5) is 5.13 Å². The summed E-state index contributed by atoms with van der Waals surface area (Å²) in [5.41, 5.74) is 1.79. The molecule has 0 atom stereocenters. The number of para-hydroxylation sites is 1. The van der Waals surface area contributed by atoms with Crippen molar-refractivity contribution < 1.29 is 23.8 Å². The van der Waals surface area contributed by atoms with Gasteiger partial charge in [0.1, 0.15) is 12.1 Å².